The van der Waals surface area contributed by atoms with Crippen LogP contribution < -0.4 is 5.32 Å². The van der Waals surface area contributed by atoms with E-state index in [-0.39, 0.29) is 6.04 Å². The van der Waals surface area contributed by atoms with E-state index < -0.39 is 15.1 Å². The maximum atomic E-state index is 11.8. The van der Waals surface area contributed by atoms with Gasteiger partial charge in [0.2, 0.25) is 0 Å². The van der Waals surface area contributed by atoms with Crippen LogP contribution in [0.2, 0.25) is 0 Å². The number of hydrogen-bond donors (Lipinski definition) is 1. The van der Waals surface area contributed by atoms with Crippen LogP contribution >= 0.6 is 0 Å². The van der Waals surface area contributed by atoms with Crippen molar-refractivity contribution < 1.29 is 12.8 Å². The molecule has 2 unspecified atom stereocenters. The Bertz CT molecular complexity index is 703. The minimum Gasteiger partial charge on any atom is -0.459 e. The third-order valence-corrected chi connectivity index (χ3v) is 5.26. The van der Waals surface area contributed by atoms with E-state index in [1.54, 1.807) is 6.92 Å². The van der Waals surface area contributed by atoms with Gasteiger partial charge in [-0.1, -0.05) is 25.1 Å². The maximum Gasteiger partial charge on any atom is 0.152 e. The average Bonchev–Trinajstić information content (AvgIpc) is 2.79. The summed E-state index contributed by atoms with van der Waals surface area (Å²) >= 11 is 0. The summed E-state index contributed by atoms with van der Waals surface area (Å²) < 4.78 is 29.5. The van der Waals surface area contributed by atoms with Crippen LogP contribution in [0.25, 0.3) is 11.0 Å². The molecule has 2 aromatic rings. The smallest absolute Gasteiger partial charge is 0.152 e. The van der Waals surface area contributed by atoms with Crippen LogP contribution in [0.1, 0.15) is 31.2 Å². The first-order chi connectivity index (χ1) is 9.34. The molecule has 0 aliphatic rings. The fraction of sp³-hybridized carbons (Fsp3) is 0.467. The fourth-order valence-corrected chi connectivity index (χ4v) is 3.07. The van der Waals surface area contributed by atoms with Crippen molar-refractivity contribution in [2.75, 3.05) is 12.8 Å². The van der Waals surface area contributed by atoms with Gasteiger partial charge in [-0.05, 0) is 32.0 Å². The number of furan rings is 1. The lowest BCUT2D eigenvalue weighted by atomic mass is 10.1. The van der Waals surface area contributed by atoms with Gasteiger partial charge in [-0.3, -0.25) is 0 Å². The first-order valence-corrected chi connectivity index (χ1v) is 8.71. The van der Waals surface area contributed by atoms with Crippen molar-refractivity contribution in [2.24, 2.45) is 0 Å². The summed E-state index contributed by atoms with van der Waals surface area (Å²) in [5.74, 6) is 0.675. The molecular formula is C15H21NO3S. The van der Waals surface area contributed by atoms with Crippen molar-refractivity contribution in [3.63, 3.8) is 0 Å². The summed E-state index contributed by atoms with van der Waals surface area (Å²) in [6, 6.07) is 7.53. The van der Waals surface area contributed by atoms with Crippen molar-refractivity contribution in [3.05, 3.63) is 35.6 Å². The van der Waals surface area contributed by atoms with Gasteiger partial charge in [0, 0.05) is 11.6 Å². The van der Waals surface area contributed by atoms with Crippen LogP contribution in [0, 0.1) is 6.92 Å². The SMILES string of the molecule is CCNC(c1cc2cccc(C)c2o1)C(C)S(C)(=O)=O. The second kappa shape index (κ2) is 5.58. The summed E-state index contributed by atoms with van der Waals surface area (Å²) in [6.07, 6.45) is 1.26. The molecule has 2 atom stereocenters. The average molecular weight is 295 g/mol. The zero-order chi connectivity index (χ0) is 14.9. The molecule has 0 aliphatic carbocycles. The van der Waals surface area contributed by atoms with Crippen molar-refractivity contribution in [1.82, 2.24) is 5.32 Å². The predicted molar refractivity (Wildman–Crippen MR) is 81.7 cm³/mol. The number of aryl methyl sites for hydroxylation is 1. The van der Waals surface area contributed by atoms with E-state index in [4.69, 9.17) is 4.42 Å². The summed E-state index contributed by atoms with van der Waals surface area (Å²) in [5, 5.41) is 3.68. The molecule has 1 N–H and O–H groups in total. The second-order valence-electron chi connectivity index (χ2n) is 5.21. The Morgan fingerprint density at radius 2 is 2.05 bits per heavy atom. The van der Waals surface area contributed by atoms with Crippen LogP contribution in [0.15, 0.2) is 28.7 Å². The zero-order valence-electron chi connectivity index (χ0n) is 12.3. The molecule has 0 amide bonds. The van der Waals surface area contributed by atoms with E-state index >= 15 is 0 Å². The van der Waals surface area contributed by atoms with Gasteiger partial charge >= 0.3 is 0 Å². The second-order valence-corrected chi connectivity index (χ2v) is 7.61. The van der Waals surface area contributed by atoms with Gasteiger partial charge in [-0.25, -0.2) is 8.42 Å². The highest BCUT2D eigenvalue weighted by Crippen LogP contribution is 2.29. The molecule has 0 saturated carbocycles. The molecule has 0 saturated heterocycles. The maximum absolute atomic E-state index is 11.8. The normalized spacial score (nSPS) is 15.4. The molecule has 20 heavy (non-hydrogen) atoms. The van der Waals surface area contributed by atoms with Crippen LogP contribution in [0.3, 0.4) is 0 Å². The quantitative estimate of drug-likeness (QED) is 0.921. The molecule has 1 aromatic carbocycles. The first kappa shape index (κ1) is 15.1. The van der Waals surface area contributed by atoms with E-state index in [1.807, 2.05) is 38.1 Å². The van der Waals surface area contributed by atoms with E-state index in [1.165, 1.54) is 6.26 Å². The summed E-state index contributed by atoms with van der Waals surface area (Å²) in [5.41, 5.74) is 1.88. The Morgan fingerprint density at radius 1 is 1.35 bits per heavy atom. The number of hydrogen-bond acceptors (Lipinski definition) is 4. The Hall–Kier alpha value is -1.33. The van der Waals surface area contributed by atoms with Crippen LogP contribution in [0.4, 0.5) is 0 Å². The Morgan fingerprint density at radius 3 is 2.60 bits per heavy atom. The lowest BCUT2D eigenvalue weighted by molar-refractivity contribution is 0.424. The molecule has 5 heteroatoms. The van der Waals surface area contributed by atoms with E-state index in [2.05, 4.69) is 5.32 Å². The van der Waals surface area contributed by atoms with Crippen LogP contribution in [0.5, 0.6) is 0 Å². The number of nitrogens with one attached hydrogen (secondary N) is 1. The topological polar surface area (TPSA) is 59.3 Å². The number of sulfone groups is 1. The van der Waals surface area contributed by atoms with Crippen molar-refractivity contribution in [2.45, 2.75) is 32.1 Å². The molecule has 0 bridgehead atoms. The van der Waals surface area contributed by atoms with Gasteiger partial charge in [0.05, 0.1) is 11.3 Å². The standard InChI is InChI=1S/C15H21NO3S/c1-5-16-14(11(3)20(4,17)18)13-9-12-8-6-7-10(2)15(12)19-13/h6-9,11,14,16H,5H2,1-4H3. The minimum atomic E-state index is -3.14. The highest BCUT2D eigenvalue weighted by Gasteiger charge is 2.29. The first-order valence-electron chi connectivity index (χ1n) is 6.76. The monoisotopic (exact) mass is 295 g/mol. The Kier molecular flexibility index (Phi) is 4.20. The molecule has 0 spiro atoms. The molecule has 0 radical (unpaired) electrons. The largest absolute Gasteiger partial charge is 0.459 e. The molecule has 1 aromatic heterocycles. The number of fused-ring (bicyclic) bond motifs is 1. The zero-order valence-corrected chi connectivity index (χ0v) is 13.1. The van der Waals surface area contributed by atoms with E-state index in [0.717, 1.165) is 16.5 Å². The molecule has 0 aliphatic heterocycles. The van der Waals surface area contributed by atoms with Crippen molar-refractivity contribution in [1.29, 1.82) is 0 Å². The minimum absolute atomic E-state index is 0.332. The summed E-state index contributed by atoms with van der Waals surface area (Å²) in [6.45, 7) is 6.33. The number of rotatable bonds is 5. The number of benzene rings is 1. The molecule has 2 rings (SSSR count). The molecular weight excluding hydrogens is 274 g/mol. The molecule has 4 nitrogen and oxygen atoms in total. The van der Waals surface area contributed by atoms with Gasteiger partial charge in [0.25, 0.3) is 0 Å². The Balaban J connectivity index is 2.49. The van der Waals surface area contributed by atoms with Gasteiger partial charge in [-0.2, -0.15) is 0 Å². The van der Waals surface area contributed by atoms with E-state index in [0.29, 0.717) is 12.3 Å². The fourth-order valence-electron chi connectivity index (χ4n) is 2.35. The lowest BCUT2D eigenvalue weighted by Crippen LogP contribution is -2.34. The highest BCUT2D eigenvalue weighted by atomic mass is 32.2. The van der Waals surface area contributed by atoms with E-state index in [9.17, 15) is 8.42 Å². The lowest BCUT2D eigenvalue weighted by Gasteiger charge is -2.21. The third-order valence-electron chi connectivity index (χ3n) is 3.64. The van der Waals surface area contributed by atoms with Crippen molar-refractivity contribution >= 4 is 20.8 Å². The van der Waals surface area contributed by atoms with Gasteiger partial charge < -0.3 is 9.73 Å². The van der Waals surface area contributed by atoms with Gasteiger partial charge in [-0.15, -0.1) is 0 Å². The summed E-state index contributed by atoms with van der Waals surface area (Å²) in [4.78, 5) is 0. The van der Waals surface area contributed by atoms with Gasteiger partial charge in [0.1, 0.15) is 11.3 Å². The van der Waals surface area contributed by atoms with Crippen LogP contribution in [-0.2, 0) is 9.84 Å². The van der Waals surface area contributed by atoms with Crippen LogP contribution in [-0.4, -0.2) is 26.5 Å². The van der Waals surface area contributed by atoms with Gasteiger partial charge in [0.15, 0.2) is 9.84 Å². The third kappa shape index (κ3) is 2.88. The Labute approximate surface area is 120 Å². The van der Waals surface area contributed by atoms with Crippen molar-refractivity contribution in [3.8, 4) is 0 Å². The predicted octanol–water partition coefficient (Wildman–Crippen LogP) is 2.82. The number of para-hydroxylation sites is 1. The molecule has 0 fully saturated rings. The highest BCUT2D eigenvalue weighted by molar-refractivity contribution is 7.91. The molecule has 1 heterocycles. The molecule has 110 valence electrons. The summed E-state index contributed by atoms with van der Waals surface area (Å²) in [7, 11) is -3.14.